The Labute approximate surface area is 75.8 Å². The van der Waals surface area contributed by atoms with Gasteiger partial charge in [-0.15, -0.1) is 0 Å². The second kappa shape index (κ2) is 6.10. The molecular weight excluding hydrogens is 148 g/mol. The van der Waals surface area contributed by atoms with E-state index in [0.29, 0.717) is 0 Å². The van der Waals surface area contributed by atoms with Crippen molar-refractivity contribution >= 4 is 0 Å². The van der Waals surface area contributed by atoms with Crippen LogP contribution in [0, 0.1) is 0 Å². The number of methoxy groups -OCH3 is 1. The number of rotatable bonds is 1. The summed E-state index contributed by atoms with van der Waals surface area (Å²) < 4.78 is 5.28. The molecule has 0 aromatic heterocycles. The predicted octanol–water partition coefficient (Wildman–Crippen LogP) is 3.65. The maximum Gasteiger partial charge on any atom is 0.0915 e. The van der Waals surface area contributed by atoms with Crippen molar-refractivity contribution in [2.45, 2.75) is 51.4 Å². The van der Waals surface area contributed by atoms with Gasteiger partial charge in [-0.3, -0.25) is 0 Å². The van der Waals surface area contributed by atoms with Gasteiger partial charge in [0.25, 0.3) is 0 Å². The van der Waals surface area contributed by atoms with Crippen LogP contribution < -0.4 is 0 Å². The van der Waals surface area contributed by atoms with E-state index < -0.39 is 0 Å². The van der Waals surface area contributed by atoms with E-state index in [1.54, 1.807) is 7.11 Å². The van der Waals surface area contributed by atoms with Crippen LogP contribution >= 0.6 is 0 Å². The highest BCUT2D eigenvalue weighted by molar-refractivity contribution is 4.92. The molecule has 0 spiro atoms. The van der Waals surface area contributed by atoms with Gasteiger partial charge in [0.05, 0.1) is 12.9 Å². The van der Waals surface area contributed by atoms with Crippen molar-refractivity contribution in [1.82, 2.24) is 0 Å². The molecule has 0 aromatic carbocycles. The van der Waals surface area contributed by atoms with E-state index in [-0.39, 0.29) is 0 Å². The second-order valence-corrected chi connectivity index (χ2v) is 3.53. The van der Waals surface area contributed by atoms with Crippen LogP contribution in [-0.2, 0) is 4.74 Å². The zero-order valence-electron chi connectivity index (χ0n) is 8.14. The first-order valence-corrected chi connectivity index (χ1v) is 5.16. The van der Waals surface area contributed by atoms with Gasteiger partial charge in [0.2, 0.25) is 0 Å². The lowest BCUT2D eigenvalue weighted by atomic mass is 10.0. The normalized spacial score (nSPS) is 25.6. The fourth-order valence-corrected chi connectivity index (χ4v) is 1.70. The van der Waals surface area contributed by atoms with Crippen LogP contribution in [0.5, 0.6) is 0 Å². The van der Waals surface area contributed by atoms with Crippen molar-refractivity contribution in [3.8, 4) is 0 Å². The van der Waals surface area contributed by atoms with Crippen molar-refractivity contribution in [1.29, 1.82) is 0 Å². The lowest BCUT2D eigenvalue weighted by Crippen LogP contribution is -1.90. The quantitative estimate of drug-likeness (QED) is 0.580. The molecule has 12 heavy (non-hydrogen) atoms. The average Bonchev–Trinajstić information content (AvgIpc) is 2.14. The van der Waals surface area contributed by atoms with Crippen LogP contribution in [-0.4, -0.2) is 7.11 Å². The Balaban J connectivity index is 2.32. The van der Waals surface area contributed by atoms with Gasteiger partial charge < -0.3 is 4.74 Å². The minimum absolute atomic E-state index is 1.15. The Bertz CT molecular complexity index is 138. The summed E-state index contributed by atoms with van der Waals surface area (Å²) in [6.07, 6.45) is 12.9. The third-order valence-corrected chi connectivity index (χ3v) is 2.51. The van der Waals surface area contributed by atoms with E-state index in [0.717, 1.165) is 6.42 Å². The molecule has 0 heterocycles. The Morgan fingerprint density at radius 3 is 2.42 bits per heavy atom. The van der Waals surface area contributed by atoms with Crippen molar-refractivity contribution in [3.05, 3.63) is 11.8 Å². The van der Waals surface area contributed by atoms with Gasteiger partial charge in [-0.25, -0.2) is 0 Å². The predicted molar refractivity (Wildman–Crippen MR) is 52.0 cm³/mol. The Kier molecular flexibility index (Phi) is 4.89. The summed E-state index contributed by atoms with van der Waals surface area (Å²) in [6.45, 7) is 0. The molecule has 70 valence electrons. The number of hydrogen-bond acceptors (Lipinski definition) is 1. The van der Waals surface area contributed by atoms with Crippen molar-refractivity contribution in [3.63, 3.8) is 0 Å². The fourth-order valence-electron chi connectivity index (χ4n) is 1.70. The molecule has 0 unspecified atom stereocenters. The zero-order chi connectivity index (χ0) is 8.65. The molecule has 0 saturated carbocycles. The number of hydrogen-bond donors (Lipinski definition) is 0. The van der Waals surface area contributed by atoms with Crippen LogP contribution in [0.2, 0.25) is 0 Å². The standard InChI is InChI=1S/C11H20O/c1-12-11-9-7-5-3-2-4-6-8-10-11/h9H,2-8,10H2,1H3/b11-9-. The smallest absolute Gasteiger partial charge is 0.0915 e. The first-order chi connectivity index (χ1) is 5.93. The summed E-state index contributed by atoms with van der Waals surface area (Å²) in [5, 5.41) is 0. The summed E-state index contributed by atoms with van der Waals surface area (Å²) in [5.74, 6) is 1.21. The molecule has 0 aliphatic heterocycles. The molecule has 0 fully saturated rings. The molecule has 0 radical (unpaired) electrons. The molecule has 0 saturated heterocycles. The lowest BCUT2D eigenvalue weighted by Gasteiger charge is -2.08. The molecule has 0 aromatic rings. The topological polar surface area (TPSA) is 9.23 Å². The summed E-state index contributed by atoms with van der Waals surface area (Å²) in [7, 11) is 1.79. The van der Waals surface area contributed by atoms with Crippen LogP contribution in [0.1, 0.15) is 51.4 Å². The summed E-state index contributed by atoms with van der Waals surface area (Å²) in [5.41, 5.74) is 0. The highest BCUT2D eigenvalue weighted by atomic mass is 16.5. The van der Waals surface area contributed by atoms with Crippen LogP contribution in [0.15, 0.2) is 11.8 Å². The van der Waals surface area contributed by atoms with Gasteiger partial charge in [0, 0.05) is 6.42 Å². The minimum atomic E-state index is 1.15. The van der Waals surface area contributed by atoms with Gasteiger partial charge in [-0.2, -0.15) is 0 Å². The maximum atomic E-state index is 5.28. The summed E-state index contributed by atoms with van der Waals surface area (Å²) in [4.78, 5) is 0. The number of allylic oxidation sites excluding steroid dienone is 2. The van der Waals surface area contributed by atoms with Gasteiger partial charge in [0.15, 0.2) is 0 Å². The van der Waals surface area contributed by atoms with E-state index in [2.05, 4.69) is 6.08 Å². The van der Waals surface area contributed by atoms with Gasteiger partial charge in [-0.05, 0) is 25.3 Å². The molecule has 0 bridgehead atoms. The first-order valence-electron chi connectivity index (χ1n) is 5.16. The van der Waals surface area contributed by atoms with Crippen LogP contribution in [0.3, 0.4) is 0 Å². The molecule has 0 atom stereocenters. The third-order valence-electron chi connectivity index (χ3n) is 2.51. The molecular formula is C11H20O. The SMILES string of the molecule is CO/C1=C\CCCCCCCC1. The molecule has 0 N–H and O–H groups in total. The van der Waals surface area contributed by atoms with Crippen molar-refractivity contribution in [2.24, 2.45) is 0 Å². The van der Waals surface area contributed by atoms with E-state index in [1.807, 2.05) is 0 Å². The first kappa shape index (κ1) is 9.63. The minimum Gasteiger partial charge on any atom is -0.501 e. The molecule has 1 aliphatic rings. The number of ether oxygens (including phenoxy) is 1. The summed E-state index contributed by atoms with van der Waals surface area (Å²) in [6, 6.07) is 0. The lowest BCUT2D eigenvalue weighted by molar-refractivity contribution is 0.271. The van der Waals surface area contributed by atoms with Crippen LogP contribution in [0.25, 0.3) is 0 Å². The fraction of sp³-hybridized carbons (Fsp3) is 0.818. The molecule has 1 aliphatic carbocycles. The highest BCUT2D eigenvalue weighted by Gasteiger charge is 1.99. The third kappa shape index (κ3) is 3.80. The second-order valence-electron chi connectivity index (χ2n) is 3.53. The molecule has 1 nitrogen and oxygen atoms in total. The van der Waals surface area contributed by atoms with Crippen molar-refractivity contribution < 1.29 is 4.74 Å². The molecule has 0 amide bonds. The van der Waals surface area contributed by atoms with E-state index >= 15 is 0 Å². The molecule has 1 heteroatoms. The maximum absolute atomic E-state index is 5.28. The van der Waals surface area contributed by atoms with E-state index in [9.17, 15) is 0 Å². The monoisotopic (exact) mass is 168 g/mol. The largest absolute Gasteiger partial charge is 0.501 e. The van der Waals surface area contributed by atoms with Gasteiger partial charge in [0.1, 0.15) is 0 Å². The van der Waals surface area contributed by atoms with Gasteiger partial charge in [-0.1, -0.05) is 25.7 Å². The summed E-state index contributed by atoms with van der Waals surface area (Å²) >= 11 is 0. The van der Waals surface area contributed by atoms with Crippen LogP contribution in [0.4, 0.5) is 0 Å². The van der Waals surface area contributed by atoms with Crippen molar-refractivity contribution in [2.75, 3.05) is 7.11 Å². The Hall–Kier alpha value is -0.460. The Morgan fingerprint density at radius 1 is 1.00 bits per heavy atom. The van der Waals surface area contributed by atoms with Gasteiger partial charge >= 0.3 is 0 Å². The Morgan fingerprint density at radius 2 is 1.67 bits per heavy atom. The highest BCUT2D eigenvalue weighted by Crippen LogP contribution is 2.16. The van der Waals surface area contributed by atoms with E-state index in [4.69, 9.17) is 4.74 Å². The average molecular weight is 168 g/mol. The molecule has 1 rings (SSSR count). The van der Waals surface area contributed by atoms with E-state index in [1.165, 1.54) is 50.7 Å². The zero-order valence-corrected chi connectivity index (χ0v) is 8.14.